The molecular weight excluding hydrogens is 292 g/mol. The van der Waals surface area contributed by atoms with Gasteiger partial charge in [0.15, 0.2) is 0 Å². The molecule has 0 radical (unpaired) electrons. The molecule has 0 atom stereocenters. The molecule has 0 saturated heterocycles. The molecule has 0 amide bonds. The minimum absolute atomic E-state index is 0.290. The third-order valence-electron chi connectivity index (χ3n) is 3.97. The van der Waals surface area contributed by atoms with Crippen molar-refractivity contribution in [1.82, 2.24) is 9.97 Å². The number of rotatable bonds is 4. The Morgan fingerprint density at radius 3 is 2.96 bits per heavy atom. The lowest BCUT2D eigenvalue weighted by Gasteiger charge is -2.30. The topological polar surface area (TPSA) is 67.4 Å². The van der Waals surface area contributed by atoms with E-state index in [1.165, 1.54) is 18.2 Å². The zero-order valence-electron chi connectivity index (χ0n) is 13.4. The molecule has 1 aromatic carbocycles. The highest BCUT2D eigenvalue weighted by Crippen LogP contribution is 2.25. The minimum Gasteiger partial charge on any atom is -0.465 e. The largest absolute Gasteiger partial charge is 0.465 e. The van der Waals surface area contributed by atoms with Crippen molar-refractivity contribution >= 4 is 17.6 Å². The molecule has 1 aromatic heterocycles. The van der Waals surface area contributed by atoms with E-state index in [-0.39, 0.29) is 5.97 Å². The van der Waals surface area contributed by atoms with E-state index in [4.69, 9.17) is 4.74 Å². The molecule has 1 N–H and O–H groups in total. The lowest BCUT2D eigenvalue weighted by molar-refractivity contribution is 0.0600. The Morgan fingerprint density at radius 1 is 1.30 bits per heavy atom. The molecule has 2 aromatic rings. The van der Waals surface area contributed by atoms with E-state index in [0.717, 1.165) is 37.7 Å². The maximum Gasteiger partial charge on any atom is 0.337 e. The van der Waals surface area contributed by atoms with Crippen LogP contribution in [0.5, 0.6) is 0 Å². The average Bonchev–Trinajstić information content (AvgIpc) is 2.60. The Bertz CT molecular complexity index is 717. The van der Waals surface area contributed by atoms with Crippen LogP contribution in [0.25, 0.3) is 0 Å². The van der Waals surface area contributed by atoms with Crippen LogP contribution < -0.4 is 10.2 Å². The number of anilines is 2. The minimum atomic E-state index is -0.290. The molecule has 0 fully saturated rings. The summed E-state index contributed by atoms with van der Waals surface area (Å²) in [4.78, 5) is 22.4. The Morgan fingerprint density at radius 2 is 2.17 bits per heavy atom. The van der Waals surface area contributed by atoms with Gasteiger partial charge in [-0.15, -0.1) is 0 Å². The molecule has 0 aliphatic carbocycles. The molecule has 3 rings (SSSR count). The second-order valence-corrected chi connectivity index (χ2v) is 5.44. The molecule has 6 heteroatoms. The van der Waals surface area contributed by atoms with Gasteiger partial charge < -0.3 is 15.0 Å². The summed E-state index contributed by atoms with van der Waals surface area (Å²) in [6.45, 7) is 4.51. The number of carbonyl (C=O) groups excluding carboxylic acids is 1. The molecule has 1 aliphatic rings. The van der Waals surface area contributed by atoms with Crippen molar-refractivity contribution in [2.24, 2.45) is 0 Å². The van der Waals surface area contributed by atoms with Crippen molar-refractivity contribution in [2.45, 2.75) is 19.9 Å². The normalized spacial score (nSPS) is 13.4. The highest BCUT2D eigenvalue weighted by Gasteiger charge is 2.19. The van der Waals surface area contributed by atoms with Crippen molar-refractivity contribution in [2.75, 3.05) is 30.4 Å². The highest BCUT2D eigenvalue weighted by molar-refractivity contribution is 5.89. The van der Waals surface area contributed by atoms with Gasteiger partial charge in [0.05, 0.1) is 12.7 Å². The van der Waals surface area contributed by atoms with E-state index in [0.29, 0.717) is 5.56 Å². The summed E-state index contributed by atoms with van der Waals surface area (Å²) in [5.74, 6) is 1.46. The van der Waals surface area contributed by atoms with E-state index < -0.39 is 0 Å². The van der Waals surface area contributed by atoms with Gasteiger partial charge in [0, 0.05) is 25.7 Å². The number of ether oxygens (including phenoxy) is 1. The molecular formula is C17H20N4O2. The van der Waals surface area contributed by atoms with E-state index in [9.17, 15) is 4.79 Å². The zero-order chi connectivity index (χ0) is 16.2. The summed E-state index contributed by atoms with van der Waals surface area (Å²) in [5.41, 5.74) is 3.02. The first-order valence-corrected chi connectivity index (χ1v) is 7.72. The quantitative estimate of drug-likeness (QED) is 0.874. The number of carbonyl (C=O) groups is 1. The van der Waals surface area contributed by atoms with Crippen molar-refractivity contribution < 1.29 is 9.53 Å². The van der Waals surface area contributed by atoms with Crippen LogP contribution in [0, 0.1) is 0 Å². The number of fused-ring (bicyclic) bond motifs is 1. The van der Waals surface area contributed by atoms with E-state index in [1.54, 1.807) is 6.33 Å². The van der Waals surface area contributed by atoms with Gasteiger partial charge in [0.25, 0.3) is 0 Å². The number of nitrogens with zero attached hydrogens (tertiary/aromatic N) is 3. The number of nitrogens with one attached hydrogen (secondary N) is 1. The predicted octanol–water partition coefficient (Wildman–Crippen LogP) is 2.26. The fourth-order valence-corrected chi connectivity index (χ4v) is 2.79. The molecule has 0 unspecified atom stereocenters. The monoisotopic (exact) mass is 312 g/mol. The smallest absolute Gasteiger partial charge is 0.337 e. The third kappa shape index (κ3) is 3.26. The van der Waals surface area contributed by atoms with Crippen LogP contribution in [0.15, 0.2) is 30.6 Å². The predicted molar refractivity (Wildman–Crippen MR) is 88.7 cm³/mol. The summed E-state index contributed by atoms with van der Waals surface area (Å²) in [6, 6.07) is 7.72. The molecule has 6 nitrogen and oxygen atoms in total. The number of aromatic nitrogens is 2. The first-order chi connectivity index (χ1) is 11.2. The van der Waals surface area contributed by atoms with Crippen LogP contribution in [-0.4, -0.2) is 36.1 Å². The second kappa shape index (κ2) is 6.64. The van der Waals surface area contributed by atoms with Gasteiger partial charge >= 0.3 is 5.97 Å². The van der Waals surface area contributed by atoms with E-state index in [2.05, 4.69) is 20.2 Å². The number of esters is 1. The van der Waals surface area contributed by atoms with Crippen molar-refractivity contribution in [3.63, 3.8) is 0 Å². The molecule has 0 spiro atoms. The first-order valence-electron chi connectivity index (χ1n) is 7.72. The lowest BCUT2D eigenvalue weighted by atomic mass is 9.97. The fourth-order valence-electron chi connectivity index (χ4n) is 2.79. The van der Waals surface area contributed by atoms with Gasteiger partial charge in [-0.3, -0.25) is 0 Å². The van der Waals surface area contributed by atoms with Crippen LogP contribution in [0.4, 0.5) is 11.6 Å². The van der Waals surface area contributed by atoms with Crippen molar-refractivity contribution in [3.05, 3.63) is 47.3 Å². The summed E-state index contributed by atoms with van der Waals surface area (Å²) in [5, 5.41) is 3.20. The van der Waals surface area contributed by atoms with E-state index in [1.807, 2.05) is 31.2 Å². The second-order valence-electron chi connectivity index (χ2n) is 5.44. The van der Waals surface area contributed by atoms with Gasteiger partial charge in [0.2, 0.25) is 0 Å². The number of hydrogen-bond donors (Lipinski definition) is 1. The summed E-state index contributed by atoms with van der Waals surface area (Å²) < 4.78 is 4.78. The summed E-state index contributed by atoms with van der Waals surface area (Å²) in [6.07, 6.45) is 2.46. The van der Waals surface area contributed by atoms with Crippen LogP contribution >= 0.6 is 0 Å². The molecule has 0 saturated carbocycles. The molecule has 23 heavy (non-hydrogen) atoms. The van der Waals surface area contributed by atoms with Gasteiger partial charge in [0.1, 0.15) is 18.0 Å². The highest BCUT2D eigenvalue weighted by atomic mass is 16.5. The maximum absolute atomic E-state index is 11.6. The summed E-state index contributed by atoms with van der Waals surface area (Å²) in [7, 11) is 1.40. The van der Waals surface area contributed by atoms with Gasteiger partial charge in [-0.25, -0.2) is 14.8 Å². The zero-order valence-corrected chi connectivity index (χ0v) is 13.4. The van der Waals surface area contributed by atoms with Crippen LogP contribution in [0.3, 0.4) is 0 Å². The number of hydrogen-bond acceptors (Lipinski definition) is 6. The molecule has 0 bridgehead atoms. The van der Waals surface area contributed by atoms with Crippen molar-refractivity contribution in [3.8, 4) is 0 Å². The molecule has 1 aliphatic heterocycles. The Balaban J connectivity index is 1.80. The van der Waals surface area contributed by atoms with Crippen LogP contribution in [0.1, 0.15) is 28.4 Å². The summed E-state index contributed by atoms with van der Waals surface area (Å²) >= 11 is 0. The van der Waals surface area contributed by atoms with Gasteiger partial charge in [-0.2, -0.15) is 0 Å². The Labute approximate surface area is 135 Å². The molecule has 120 valence electrons. The maximum atomic E-state index is 11.6. The number of methoxy groups -OCH3 is 1. The molecule has 2 heterocycles. The Hall–Kier alpha value is -2.63. The van der Waals surface area contributed by atoms with Crippen LogP contribution in [0.2, 0.25) is 0 Å². The third-order valence-corrected chi connectivity index (χ3v) is 3.97. The van der Waals surface area contributed by atoms with Crippen LogP contribution in [-0.2, 0) is 17.7 Å². The van der Waals surface area contributed by atoms with E-state index >= 15 is 0 Å². The fraction of sp³-hybridized carbons (Fsp3) is 0.353. The standard InChI is InChI=1S/C17H20N4O2/c1-3-18-15-9-16(20-11-19-15)21-7-6-12-8-13(17(22)23-2)4-5-14(12)10-21/h4-5,8-9,11H,3,6-7,10H2,1-2H3,(H,18,19,20). The SMILES string of the molecule is CCNc1cc(N2CCc3cc(C(=O)OC)ccc3C2)ncn1. The number of benzene rings is 1. The van der Waals surface area contributed by atoms with Gasteiger partial charge in [-0.05, 0) is 36.6 Å². The lowest BCUT2D eigenvalue weighted by Crippen LogP contribution is -2.31. The Kier molecular flexibility index (Phi) is 4.41. The first kappa shape index (κ1) is 15.3. The van der Waals surface area contributed by atoms with Crippen molar-refractivity contribution in [1.29, 1.82) is 0 Å². The van der Waals surface area contributed by atoms with Gasteiger partial charge in [-0.1, -0.05) is 6.07 Å². The average molecular weight is 312 g/mol.